The lowest BCUT2D eigenvalue weighted by Crippen LogP contribution is -2.34. The Balaban J connectivity index is 1.89. The fourth-order valence-electron chi connectivity index (χ4n) is 2.09. The summed E-state index contributed by atoms with van der Waals surface area (Å²) in [7, 11) is 0. The molecule has 7 heteroatoms. The number of aromatic nitrogens is 1. The van der Waals surface area contributed by atoms with Crippen molar-refractivity contribution < 1.29 is 23.5 Å². The molecule has 0 spiro atoms. The van der Waals surface area contributed by atoms with Gasteiger partial charge in [0.25, 0.3) is 0 Å². The van der Waals surface area contributed by atoms with Crippen LogP contribution in [-0.2, 0) is 16.0 Å². The SMILES string of the molecule is CC(CC(=O)O)NC(=O)CCc1ncc(-c2ccccc2F)o1. The Morgan fingerprint density at radius 2 is 2.13 bits per heavy atom. The van der Waals surface area contributed by atoms with Crippen LogP contribution in [0.4, 0.5) is 4.39 Å². The Morgan fingerprint density at radius 3 is 2.83 bits per heavy atom. The maximum atomic E-state index is 13.6. The number of oxazole rings is 1. The van der Waals surface area contributed by atoms with E-state index in [1.807, 2.05) is 0 Å². The van der Waals surface area contributed by atoms with Crippen LogP contribution in [0.5, 0.6) is 0 Å². The molecule has 0 bridgehead atoms. The number of carbonyl (C=O) groups excluding carboxylic acids is 1. The number of aryl methyl sites for hydroxylation is 1. The minimum absolute atomic E-state index is 0.112. The van der Waals surface area contributed by atoms with E-state index in [1.54, 1.807) is 25.1 Å². The summed E-state index contributed by atoms with van der Waals surface area (Å²) in [6.07, 6.45) is 1.64. The quantitative estimate of drug-likeness (QED) is 0.817. The standard InChI is InChI=1S/C16H17FN2O4/c1-10(8-16(21)22)19-14(20)6-7-15-18-9-13(23-15)11-4-2-3-5-12(11)17/h2-5,9-10H,6-8H2,1H3,(H,19,20)(H,21,22). The summed E-state index contributed by atoms with van der Waals surface area (Å²) in [5, 5.41) is 11.2. The smallest absolute Gasteiger partial charge is 0.305 e. The van der Waals surface area contributed by atoms with Crippen molar-refractivity contribution in [1.29, 1.82) is 0 Å². The van der Waals surface area contributed by atoms with Crippen molar-refractivity contribution >= 4 is 11.9 Å². The first kappa shape index (κ1) is 16.7. The number of carbonyl (C=O) groups is 2. The van der Waals surface area contributed by atoms with E-state index < -0.39 is 17.8 Å². The van der Waals surface area contributed by atoms with Gasteiger partial charge in [-0.25, -0.2) is 9.37 Å². The highest BCUT2D eigenvalue weighted by Gasteiger charge is 2.14. The minimum Gasteiger partial charge on any atom is -0.481 e. The number of aliphatic carboxylic acids is 1. The van der Waals surface area contributed by atoms with Gasteiger partial charge in [-0.2, -0.15) is 0 Å². The molecule has 1 unspecified atom stereocenters. The molecule has 0 saturated carbocycles. The zero-order valence-corrected chi connectivity index (χ0v) is 12.6. The van der Waals surface area contributed by atoms with E-state index in [-0.39, 0.29) is 25.2 Å². The van der Waals surface area contributed by atoms with Crippen LogP contribution in [0.3, 0.4) is 0 Å². The van der Waals surface area contributed by atoms with Crippen molar-refractivity contribution in [3.63, 3.8) is 0 Å². The van der Waals surface area contributed by atoms with Crippen LogP contribution in [0.2, 0.25) is 0 Å². The molecule has 0 radical (unpaired) electrons. The van der Waals surface area contributed by atoms with E-state index in [4.69, 9.17) is 9.52 Å². The van der Waals surface area contributed by atoms with Gasteiger partial charge >= 0.3 is 5.97 Å². The van der Waals surface area contributed by atoms with E-state index >= 15 is 0 Å². The molecule has 2 N–H and O–H groups in total. The van der Waals surface area contributed by atoms with Crippen LogP contribution >= 0.6 is 0 Å². The second kappa shape index (κ2) is 7.53. The first-order valence-corrected chi connectivity index (χ1v) is 7.16. The highest BCUT2D eigenvalue weighted by Crippen LogP contribution is 2.23. The van der Waals surface area contributed by atoms with Crippen molar-refractivity contribution in [2.24, 2.45) is 0 Å². The number of rotatable bonds is 7. The third kappa shape index (κ3) is 4.91. The van der Waals surface area contributed by atoms with Gasteiger partial charge in [0.1, 0.15) is 5.82 Å². The Hall–Kier alpha value is -2.70. The highest BCUT2D eigenvalue weighted by molar-refractivity contribution is 5.77. The zero-order valence-electron chi connectivity index (χ0n) is 12.6. The van der Waals surface area contributed by atoms with Gasteiger partial charge in [-0.15, -0.1) is 0 Å². The van der Waals surface area contributed by atoms with Gasteiger partial charge in [-0.3, -0.25) is 9.59 Å². The molecule has 1 amide bonds. The monoisotopic (exact) mass is 320 g/mol. The summed E-state index contributed by atoms with van der Waals surface area (Å²) in [6.45, 7) is 1.62. The number of hydrogen-bond donors (Lipinski definition) is 2. The molecule has 1 aromatic heterocycles. The molecule has 2 aromatic rings. The number of hydrogen-bond acceptors (Lipinski definition) is 4. The zero-order chi connectivity index (χ0) is 16.8. The summed E-state index contributed by atoms with van der Waals surface area (Å²) in [5.41, 5.74) is 0.311. The van der Waals surface area contributed by atoms with Crippen molar-refractivity contribution in [3.05, 3.63) is 42.2 Å². The predicted octanol–water partition coefficient (Wildman–Crippen LogP) is 2.39. The number of nitrogens with zero attached hydrogens (tertiary/aromatic N) is 1. The van der Waals surface area contributed by atoms with Gasteiger partial charge in [0.2, 0.25) is 5.91 Å². The Kier molecular flexibility index (Phi) is 5.46. The van der Waals surface area contributed by atoms with Crippen LogP contribution < -0.4 is 5.32 Å². The lowest BCUT2D eigenvalue weighted by molar-refractivity contribution is -0.137. The van der Waals surface area contributed by atoms with Crippen LogP contribution in [-0.4, -0.2) is 28.0 Å². The number of carboxylic acids is 1. The summed E-state index contributed by atoms with van der Waals surface area (Å²) in [5.74, 6) is -1.04. The average molecular weight is 320 g/mol. The molecule has 0 saturated heterocycles. The van der Waals surface area contributed by atoms with Gasteiger partial charge < -0.3 is 14.8 Å². The normalized spacial score (nSPS) is 11.9. The number of amides is 1. The summed E-state index contributed by atoms with van der Waals surface area (Å²) in [4.78, 5) is 26.3. The number of carboxylic acid groups (broad SMARTS) is 1. The van der Waals surface area contributed by atoms with Crippen molar-refractivity contribution in [3.8, 4) is 11.3 Å². The lowest BCUT2D eigenvalue weighted by atomic mass is 10.2. The maximum Gasteiger partial charge on any atom is 0.305 e. The van der Waals surface area contributed by atoms with Crippen molar-refractivity contribution in [2.45, 2.75) is 32.2 Å². The fraction of sp³-hybridized carbons (Fsp3) is 0.312. The van der Waals surface area contributed by atoms with Gasteiger partial charge in [0.15, 0.2) is 11.7 Å². The average Bonchev–Trinajstić information content (AvgIpc) is 2.93. The van der Waals surface area contributed by atoms with Gasteiger partial charge in [0, 0.05) is 18.9 Å². The first-order valence-electron chi connectivity index (χ1n) is 7.16. The number of benzene rings is 1. The summed E-state index contributed by atoms with van der Waals surface area (Å²) >= 11 is 0. The molecule has 0 aliphatic heterocycles. The molecule has 0 fully saturated rings. The fourth-order valence-corrected chi connectivity index (χ4v) is 2.09. The summed E-state index contributed by atoms with van der Waals surface area (Å²) < 4.78 is 19.1. The van der Waals surface area contributed by atoms with Gasteiger partial charge in [-0.05, 0) is 19.1 Å². The highest BCUT2D eigenvalue weighted by atomic mass is 19.1. The van der Waals surface area contributed by atoms with E-state index in [0.717, 1.165) is 0 Å². The van der Waals surface area contributed by atoms with Crippen molar-refractivity contribution in [2.75, 3.05) is 0 Å². The Morgan fingerprint density at radius 1 is 1.39 bits per heavy atom. The molecule has 23 heavy (non-hydrogen) atoms. The Bertz CT molecular complexity index is 699. The molecule has 0 aliphatic carbocycles. The molecule has 1 aromatic carbocycles. The molecule has 0 aliphatic rings. The van der Waals surface area contributed by atoms with E-state index in [0.29, 0.717) is 17.2 Å². The van der Waals surface area contributed by atoms with Crippen LogP contribution in [0, 0.1) is 5.82 Å². The molecule has 1 atom stereocenters. The van der Waals surface area contributed by atoms with Gasteiger partial charge in [0.05, 0.1) is 18.2 Å². The lowest BCUT2D eigenvalue weighted by Gasteiger charge is -2.10. The largest absolute Gasteiger partial charge is 0.481 e. The molecule has 2 rings (SSSR count). The number of nitrogens with one attached hydrogen (secondary N) is 1. The maximum absolute atomic E-state index is 13.6. The van der Waals surface area contributed by atoms with E-state index in [9.17, 15) is 14.0 Å². The molecule has 122 valence electrons. The topological polar surface area (TPSA) is 92.4 Å². The van der Waals surface area contributed by atoms with Crippen LogP contribution in [0.1, 0.15) is 25.7 Å². The molecule has 1 heterocycles. The van der Waals surface area contributed by atoms with Crippen LogP contribution in [0.15, 0.2) is 34.9 Å². The first-order chi connectivity index (χ1) is 11.0. The second-order valence-corrected chi connectivity index (χ2v) is 5.16. The Labute approximate surface area is 132 Å². The summed E-state index contributed by atoms with van der Waals surface area (Å²) in [6, 6.07) is 5.74. The third-order valence-corrected chi connectivity index (χ3v) is 3.15. The molecular weight excluding hydrogens is 303 g/mol. The minimum atomic E-state index is -0.972. The van der Waals surface area contributed by atoms with E-state index in [2.05, 4.69) is 10.3 Å². The molecular formula is C16H17FN2O4. The predicted molar refractivity (Wildman–Crippen MR) is 80.1 cm³/mol. The van der Waals surface area contributed by atoms with Crippen molar-refractivity contribution in [1.82, 2.24) is 10.3 Å². The number of halogens is 1. The molecule has 6 nitrogen and oxygen atoms in total. The third-order valence-electron chi connectivity index (χ3n) is 3.15. The van der Waals surface area contributed by atoms with E-state index in [1.165, 1.54) is 12.3 Å². The van der Waals surface area contributed by atoms with Gasteiger partial charge in [-0.1, -0.05) is 12.1 Å². The second-order valence-electron chi connectivity index (χ2n) is 5.16. The van der Waals surface area contributed by atoms with Crippen LogP contribution in [0.25, 0.3) is 11.3 Å².